The number of hydrogen-bond donors (Lipinski definition) is 1. The maximum absolute atomic E-state index is 12.4. The number of hydroxylamine groups is 1. The van der Waals surface area contributed by atoms with E-state index in [2.05, 4.69) is 4.84 Å². The van der Waals surface area contributed by atoms with Gasteiger partial charge in [0.2, 0.25) is 0 Å². The molecule has 0 saturated heterocycles. The molecule has 20 heavy (non-hydrogen) atoms. The summed E-state index contributed by atoms with van der Waals surface area (Å²) < 4.78 is 0. The van der Waals surface area contributed by atoms with Crippen LogP contribution in [0, 0.1) is 6.92 Å². The third kappa shape index (κ3) is 2.95. The van der Waals surface area contributed by atoms with E-state index >= 15 is 0 Å². The second-order valence-electron chi connectivity index (χ2n) is 4.11. The normalized spacial score (nSPS) is 9.85. The van der Waals surface area contributed by atoms with Gasteiger partial charge in [-0.25, -0.2) is 4.79 Å². The molecule has 0 saturated carbocycles. The van der Waals surface area contributed by atoms with Crippen molar-refractivity contribution in [2.75, 3.05) is 5.06 Å². The molecule has 1 amide bonds. The fourth-order valence-corrected chi connectivity index (χ4v) is 1.77. The first-order chi connectivity index (χ1) is 9.59. The summed E-state index contributed by atoms with van der Waals surface area (Å²) in [5.41, 5.74) is 1.47. The van der Waals surface area contributed by atoms with Gasteiger partial charge in [-0.15, -0.1) is 5.06 Å². The summed E-state index contributed by atoms with van der Waals surface area (Å²) >= 11 is 0. The zero-order valence-electron chi connectivity index (χ0n) is 10.8. The van der Waals surface area contributed by atoms with Crippen molar-refractivity contribution in [3.63, 3.8) is 0 Å². The molecular weight excluding hydrogens is 258 g/mol. The van der Waals surface area contributed by atoms with Crippen molar-refractivity contribution in [2.45, 2.75) is 6.92 Å². The molecule has 0 aromatic heterocycles. The van der Waals surface area contributed by atoms with Crippen LogP contribution in [0.5, 0.6) is 0 Å². The summed E-state index contributed by atoms with van der Waals surface area (Å²) in [6, 6.07) is 15.3. The number of carbonyl (C=O) groups excluding carboxylic acids is 1. The van der Waals surface area contributed by atoms with Gasteiger partial charge in [-0.3, -0.25) is 9.63 Å². The molecule has 0 bridgehead atoms. The van der Waals surface area contributed by atoms with Crippen LogP contribution in [-0.2, 0) is 4.84 Å². The third-order valence-electron chi connectivity index (χ3n) is 2.71. The van der Waals surface area contributed by atoms with Gasteiger partial charge in [-0.05, 0) is 30.7 Å². The van der Waals surface area contributed by atoms with Gasteiger partial charge in [-0.2, -0.15) is 0 Å². The molecule has 102 valence electrons. The number of anilines is 1. The zero-order chi connectivity index (χ0) is 14.5. The van der Waals surface area contributed by atoms with E-state index in [1.54, 1.807) is 61.5 Å². The number of aryl methyl sites for hydroxylation is 1. The lowest BCUT2D eigenvalue weighted by Crippen LogP contribution is -2.33. The number of nitrogens with zero attached hydrogens (tertiary/aromatic N) is 1. The number of hydrogen-bond acceptors (Lipinski definition) is 3. The number of amides is 1. The summed E-state index contributed by atoms with van der Waals surface area (Å²) in [4.78, 5) is 27.8. The number of benzene rings is 2. The SMILES string of the molecule is Cc1ccccc1N(OC(=O)O)C(=O)c1ccccc1. The Labute approximate surface area is 116 Å². The second kappa shape index (κ2) is 5.88. The standard InChI is InChI=1S/C15H13NO4/c1-11-7-5-6-10-13(11)16(20-15(18)19)14(17)12-8-3-2-4-9-12/h2-10H,1H3,(H,18,19). The Morgan fingerprint density at radius 1 is 1.00 bits per heavy atom. The molecule has 0 unspecified atom stereocenters. The Morgan fingerprint density at radius 3 is 2.20 bits per heavy atom. The Hall–Kier alpha value is -2.82. The molecule has 0 atom stereocenters. The van der Waals surface area contributed by atoms with E-state index in [1.165, 1.54) is 0 Å². The molecule has 5 heteroatoms. The lowest BCUT2D eigenvalue weighted by Gasteiger charge is -2.21. The first-order valence-corrected chi connectivity index (χ1v) is 5.95. The first-order valence-electron chi connectivity index (χ1n) is 5.95. The van der Waals surface area contributed by atoms with E-state index in [4.69, 9.17) is 5.11 Å². The molecule has 2 aromatic carbocycles. The maximum Gasteiger partial charge on any atom is 0.531 e. The van der Waals surface area contributed by atoms with Crippen molar-refractivity contribution in [3.05, 3.63) is 65.7 Å². The predicted octanol–water partition coefficient (Wildman–Crippen LogP) is 3.25. The Bertz CT molecular complexity index is 625. The Morgan fingerprint density at radius 2 is 1.60 bits per heavy atom. The molecule has 0 spiro atoms. The molecule has 0 aliphatic rings. The first kappa shape index (κ1) is 13.6. The van der Waals surface area contributed by atoms with Crippen LogP contribution in [0.2, 0.25) is 0 Å². The highest BCUT2D eigenvalue weighted by molar-refractivity contribution is 6.05. The van der Waals surface area contributed by atoms with Crippen LogP contribution < -0.4 is 5.06 Å². The van der Waals surface area contributed by atoms with E-state index in [0.717, 1.165) is 10.6 Å². The van der Waals surface area contributed by atoms with E-state index in [9.17, 15) is 9.59 Å². The average Bonchev–Trinajstić information content (AvgIpc) is 2.46. The molecule has 0 aliphatic carbocycles. The highest BCUT2D eigenvalue weighted by Crippen LogP contribution is 2.22. The molecule has 0 heterocycles. The molecule has 5 nitrogen and oxygen atoms in total. The van der Waals surface area contributed by atoms with Gasteiger partial charge < -0.3 is 5.11 Å². The predicted molar refractivity (Wildman–Crippen MR) is 73.5 cm³/mol. The van der Waals surface area contributed by atoms with Crippen molar-refractivity contribution < 1.29 is 19.5 Å². The zero-order valence-corrected chi connectivity index (χ0v) is 10.8. The number of para-hydroxylation sites is 1. The molecule has 2 rings (SSSR count). The minimum absolute atomic E-state index is 0.344. The average molecular weight is 271 g/mol. The highest BCUT2D eigenvalue weighted by atomic mass is 16.8. The third-order valence-corrected chi connectivity index (χ3v) is 2.71. The summed E-state index contributed by atoms with van der Waals surface area (Å²) in [5, 5.41) is 9.60. The van der Waals surface area contributed by atoms with E-state index in [1.807, 2.05) is 0 Å². The summed E-state index contributed by atoms with van der Waals surface area (Å²) in [7, 11) is 0. The Kier molecular flexibility index (Phi) is 4.00. The molecule has 1 N–H and O–H groups in total. The van der Waals surface area contributed by atoms with Crippen LogP contribution in [0.25, 0.3) is 0 Å². The van der Waals surface area contributed by atoms with Crippen molar-refractivity contribution in [2.24, 2.45) is 0 Å². The van der Waals surface area contributed by atoms with E-state index in [0.29, 0.717) is 11.3 Å². The van der Waals surface area contributed by atoms with E-state index in [-0.39, 0.29) is 0 Å². The van der Waals surface area contributed by atoms with Gasteiger partial charge in [0.05, 0.1) is 5.69 Å². The summed E-state index contributed by atoms with van der Waals surface area (Å²) in [5.74, 6) is -0.540. The molecule has 0 radical (unpaired) electrons. The van der Waals surface area contributed by atoms with Gasteiger partial charge >= 0.3 is 6.16 Å². The van der Waals surface area contributed by atoms with Crippen molar-refractivity contribution in [1.29, 1.82) is 0 Å². The fraction of sp³-hybridized carbons (Fsp3) is 0.0667. The monoisotopic (exact) mass is 271 g/mol. The van der Waals surface area contributed by atoms with Gasteiger partial charge in [0.15, 0.2) is 0 Å². The van der Waals surface area contributed by atoms with Crippen LogP contribution >= 0.6 is 0 Å². The van der Waals surface area contributed by atoms with Gasteiger partial charge in [0.25, 0.3) is 5.91 Å². The molecular formula is C15H13NO4. The van der Waals surface area contributed by atoms with Crippen molar-refractivity contribution >= 4 is 17.7 Å². The number of carboxylic acid groups (broad SMARTS) is 1. The maximum atomic E-state index is 12.4. The topological polar surface area (TPSA) is 66.8 Å². The van der Waals surface area contributed by atoms with Gasteiger partial charge in [0.1, 0.15) is 0 Å². The smallest absolute Gasteiger partial charge is 0.448 e. The highest BCUT2D eigenvalue weighted by Gasteiger charge is 2.23. The van der Waals surface area contributed by atoms with Gasteiger partial charge in [-0.1, -0.05) is 36.4 Å². The van der Waals surface area contributed by atoms with Crippen molar-refractivity contribution in [3.8, 4) is 0 Å². The van der Waals surface area contributed by atoms with Crippen LogP contribution in [0.15, 0.2) is 54.6 Å². The van der Waals surface area contributed by atoms with Crippen LogP contribution in [0.1, 0.15) is 15.9 Å². The number of carbonyl (C=O) groups is 2. The molecule has 0 aliphatic heterocycles. The molecule has 0 fully saturated rings. The van der Waals surface area contributed by atoms with E-state index < -0.39 is 12.1 Å². The minimum atomic E-state index is -1.54. The molecule has 2 aromatic rings. The lowest BCUT2D eigenvalue weighted by atomic mass is 10.1. The van der Waals surface area contributed by atoms with Crippen LogP contribution in [0.4, 0.5) is 10.5 Å². The number of rotatable bonds is 2. The summed E-state index contributed by atoms with van der Waals surface area (Å²) in [6.45, 7) is 1.77. The Balaban J connectivity index is 2.41. The quantitative estimate of drug-likeness (QED) is 0.851. The minimum Gasteiger partial charge on any atom is -0.448 e. The summed E-state index contributed by atoms with van der Waals surface area (Å²) in [6.07, 6.45) is -1.54. The fourth-order valence-electron chi connectivity index (χ4n) is 1.77. The second-order valence-corrected chi connectivity index (χ2v) is 4.11. The van der Waals surface area contributed by atoms with Crippen molar-refractivity contribution in [1.82, 2.24) is 0 Å². The largest absolute Gasteiger partial charge is 0.531 e. The van der Waals surface area contributed by atoms with Gasteiger partial charge in [0, 0.05) is 5.56 Å². The van der Waals surface area contributed by atoms with Crippen LogP contribution in [0.3, 0.4) is 0 Å². The lowest BCUT2D eigenvalue weighted by molar-refractivity contribution is 0.0605. The van der Waals surface area contributed by atoms with Crippen LogP contribution in [-0.4, -0.2) is 17.2 Å².